The molecule has 2 rings (SSSR count). The van der Waals surface area contributed by atoms with Gasteiger partial charge in [-0.25, -0.2) is 9.07 Å². The SMILES string of the molecule is O=C(/C=C/c1ccc(-n2cc(Br)cn2)c(F)c1)NCCOCC(F)(F)F. The number of carbonyl (C=O) groups is 1. The summed E-state index contributed by atoms with van der Waals surface area (Å²) >= 11 is 3.22. The molecular weight excluding hydrogens is 422 g/mol. The summed E-state index contributed by atoms with van der Waals surface area (Å²) in [6.45, 7) is -1.69. The molecule has 0 bridgehead atoms. The maximum Gasteiger partial charge on any atom is 0.411 e. The van der Waals surface area contributed by atoms with Gasteiger partial charge in [0.1, 0.15) is 18.1 Å². The number of nitrogens with zero attached hydrogens (tertiary/aromatic N) is 2. The van der Waals surface area contributed by atoms with Crippen LogP contribution in [0.2, 0.25) is 0 Å². The van der Waals surface area contributed by atoms with Gasteiger partial charge in [0.25, 0.3) is 0 Å². The second-order valence-corrected chi connectivity index (χ2v) is 6.02. The van der Waals surface area contributed by atoms with Crippen LogP contribution in [0.15, 0.2) is 41.1 Å². The number of nitrogens with one attached hydrogen (secondary N) is 1. The van der Waals surface area contributed by atoms with Crippen molar-refractivity contribution in [3.63, 3.8) is 0 Å². The minimum atomic E-state index is -4.40. The number of amides is 1. The van der Waals surface area contributed by atoms with Gasteiger partial charge in [0.15, 0.2) is 0 Å². The number of alkyl halides is 3. The Morgan fingerprint density at radius 1 is 1.38 bits per heavy atom. The molecule has 0 radical (unpaired) electrons. The highest BCUT2D eigenvalue weighted by Gasteiger charge is 2.27. The van der Waals surface area contributed by atoms with Crippen molar-refractivity contribution in [3.8, 4) is 5.69 Å². The number of benzene rings is 1. The molecule has 0 spiro atoms. The minimum Gasteiger partial charge on any atom is -0.370 e. The van der Waals surface area contributed by atoms with Gasteiger partial charge in [0.05, 0.1) is 17.3 Å². The highest BCUT2D eigenvalue weighted by Crippen LogP contribution is 2.18. The minimum absolute atomic E-state index is 0.0687. The van der Waals surface area contributed by atoms with E-state index in [1.165, 1.54) is 29.1 Å². The second kappa shape index (κ2) is 8.95. The summed E-state index contributed by atoms with van der Waals surface area (Å²) in [7, 11) is 0. The molecule has 10 heteroatoms. The molecule has 1 aromatic heterocycles. The van der Waals surface area contributed by atoms with Crippen LogP contribution >= 0.6 is 15.9 Å². The fourth-order valence-electron chi connectivity index (χ4n) is 1.91. The van der Waals surface area contributed by atoms with Crippen molar-refractivity contribution >= 4 is 27.9 Å². The monoisotopic (exact) mass is 435 g/mol. The van der Waals surface area contributed by atoms with E-state index in [9.17, 15) is 22.4 Å². The van der Waals surface area contributed by atoms with Crippen molar-refractivity contribution in [3.05, 3.63) is 52.5 Å². The van der Waals surface area contributed by atoms with Gasteiger partial charge < -0.3 is 10.1 Å². The van der Waals surface area contributed by atoms with Crippen molar-refractivity contribution in [1.82, 2.24) is 15.1 Å². The van der Waals surface area contributed by atoms with Crippen LogP contribution in [0.25, 0.3) is 11.8 Å². The summed E-state index contributed by atoms with van der Waals surface area (Å²) in [4.78, 5) is 11.6. The number of aromatic nitrogens is 2. The standard InChI is InChI=1S/C16H14BrF4N3O2/c17-12-8-23-24(9-12)14-3-1-11(7-13(14)18)2-4-15(25)22-5-6-26-10-16(19,20)21/h1-4,7-9H,5-6,10H2,(H,22,25)/b4-2+. The predicted molar refractivity (Wildman–Crippen MR) is 90.1 cm³/mol. The van der Waals surface area contributed by atoms with E-state index in [1.54, 1.807) is 12.3 Å². The van der Waals surface area contributed by atoms with Crippen LogP contribution in [0, 0.1) is 5.82 Å². The first-order valence-electron chi connectivity index (χ1n) is 7.35. The second-order valence-electron chi connectivity index (χ2n) is 5.11. The molecule has 26 heavy (non-hydrogen) atoms. The zero-order valence-corrected chi connectivity index (χ0v) is 14.8. The molecule has 0 aliphatic rings. The topological polar surface area (TPSA) is 56.2 Å². The van der Waals surface area contributed by atoms with Crippen LogP contribution in [0.5, 0.6) is 0 Å². The van der Waals surface area contributed by atoms with Crippen molar-refractivity contribution in [2.24, 2.45) is 0 Å². The predicted octanol–water partition coefficient (Wildman–Crippen LogP) is 3.48. The lowest BCUT2D eigenvalue weighted by molar-refractivity contribution is -0.173. The van der Waals surface area contributed by atoms with Crippen LogP contribution in [-0.2, 0) is 9.53 Å². The van der Waals surface area contributed by atoms with Crippen molar-refractivity contribution in [2.75, 3.05) is 19.8 Å². The molecule has 0 unspecified atom stereocenters. The van der Waals surface area contributed by atoms with Gasteiger partial charge in [-0.2, -0.15) is 18.3 Å². The Labute approximate surface area is 154 Å². The Balaban J connectivity index is 1.84. The molecule has 5 nitrogen and oxygen atoms in total. The van der Waals surface area contributed by atoms with E-state index in [1.807, 2.05) is 0 Å². The Kier molecular flexibility index (Phi) is 6.92. The zero-order valence-electron chi connectivity index (χ0n) is 13.3. The van der Waals surface area contributed by atoms with Gasteiger partial charge in [-0.3, -0.25) is 4.79 Å². The van der Waals surface area contributed by atoms with Gasteiger partial charge in [-0.15, -0.1) is 0 Å². The van der Waals surface area contributed by atoms with E-state index >= 15 is 0 Å². The number of ether oxygens (including phenoxy) is 1. The first-order valence-corrected chi connectivity index (χ1v) is 8.14. The summed E-state index contributed by atoms with van der Waals surface area (Å²) < 4.78 is 56.1. The third-order valence-electron chi connectivity index (χ3n) is 3.01. The van der Waals surface area contributed by atoms with Gasteiger partial charge in [-0.05, 0) is 39.7 Å². The lowest BCUT2D eigenvalue weighted by Crippen LogP contribution is -2.27. The summed E-state index contributed by atoms with van der Waals surface area (Å²) in [6.07, 6.45) is 1.27. The third kappa shape index (κ3) is 6.60. The smallest absolute Gasteiger partial charge is 0.370 e. The Morgan fingerprint density at radius 2 is 2.15 bits per heavy atom. The molecule has 0 saturated carbocycles. The van der Waals surface area contributed by atoms with Crippen molar-refractivity contribution in [2.45, 2.75) is 6.18 Å². The van der Waals surface area contributed by atoms with E-state index in [4.69, 9.17) is 0 Å². The lowest BCUT2D eigenvalue weighted by atomic mass is 10.2. The van der Waals surface area contributed by atoms with E-state index in [0.29, 0.717) is 10.0 Å². The molecule has 1 amide bonds. The number of hydrogen-bond acceptors (Lipinski definition) is 3. The number of rotatable bonds is 7. The van der Waals surface area contributed by atoms with Gasteiger partial charge in [-0.1, -0.05) is 6.07 Å². The quantitative estimate of drug-likeness (QED) is 0.411. The summed E-state index contributed by atoms with van der Waals surface area (Å²) in [5.74, 6) is -1.05. The Bertz CT molecular complexity index is 790. The molecule has 140 valence electrons. The van der Waals surface area contributed by atoms with Gasteiger partial charge in [0.2, 0.25) is 5.91 Å². The van der Waals surface area contributed by atoms with Gasteiger partial charge in [0, 0.05) is 18.8 Å². The first kappa shape index (κ1) is 20.1. The highest BCUT2D eigenvalue weighted by molar-refractivity contribution is 9.10. The number of hydrogen-bond donors (Lipinski definition) is 1. The van der Waals surface area contributed by atoms with E-state index in [2.05, 4.69) is 31.1 Å². The largest absolute Gasteiger partial charge is 0.411 e. The van der Waals surface area contributed by atoms with E-state index in [0.717, 1.165) is 6.08 Å². The fourth-order valence-corrected chi connectivity index (χ4v) is 2.20. The maximum atomic E-state index is 14.1. The van der Waals surface area contributed by atoms with Crippen LogP contribution < -0.4 is 5.32 Å². The summed E-state index contributed by atoms with van der Waals surface area (Å²) in [6, 6.07) is 4.35. The van der Waals surface area contributed by atoms with Crippen LogP contribution in [-0.4, -0.2) is 41.6 Å². The van der Waals surface area contributed by atoms with Crippen molar-refractivity contribution < 1.29 is 27.1 Å². The van der Waals surface area contributed by atoms with E-state index < -0.39 is 24.5 Å². The maximum absolute atomic E-state index is 14.1. The Morgan fingerprint density at radius 3 is 2.77 bits per heavy atom. The average molecular weight is 436 g/mol. The van der Waals surface area contributed by atoms with Gasteiger partial charge >= 0.3 is 6.18 Å². The molecule has 0 aliphatic heterocycles. The molecular formula is C16H14BrF4N3O2. The lowest BCUT2D eigenvalue weighted by Gasteiger charge is -2.07. The molecule has 2 aromatic rings. The molecule has 0 atom stereocenters. The molecule has 1 aromatic carbocycles. The van der Waals surface area contributed by atoms with Crippen LogP contribution in [0.3, 0.4) is 0 Å². The van der Waals surface area contributed by atoms with Crippen LogP contribution in [0.4, 0.5) is 17.6 Å². The molecule has 0 saturated heterocycles. The molecule has 0 fully saturated rings. The highest BCUT2D eigenvalue weighted by atomic mass is 79.9. The zero-order chi connectivity index (χ0) is 19.2. The third-order valence-corrected chi connectivity index (χ3v) is 3.42. The van der Waals surface area contributed by atoms with Crippen molar-refractivity contribution in [1.29, 1.82) is 0 Å². The summed E-state index contributed by atoms with van der Waals surface area (Å²) in [5.41, 5.74) is 0.694. The molecule has 1 heterocycles. The number of halogens is 5. The fraction of sp³-hybridized carbons (Fsp3) is 0.250. The van der Waals surface area contributed by atoms with E-state index in [-0.39, 0.29) is 18.8 Å². The van der Waals surface area contributed by atoms with Crippen LogP contribution in [0.1, 0.15) is 5.56 Å². The molecule has 0 aliphatic carbocycles. The molecule has 1 N–H and O–H groups in total. The Hall–Kier alpha value is -2.20. The number of carbonyl (C=O) groups excluding carboxylic acids is 1. The average Bonchev–Trinajstić information content (AvgIpc) is 2.98. The summed E-state index contributed by atoms with van der Waals surface area (Å²) in [5, 5.41) is 6.34. The first-order chi connectivity index (χ1) is 12.2. The normalized spacial score (nSPS) is 11.9.